The van der Waals surface area contributed by atoms with Gasteiger partial charge in [0.05, 0.1) is 7.11 Å². The minimum absolute atomic E-state index is 0.216. The van der Waals surface area contributed by atoms with E-state index in [4.69, 9.17) is 22.8 Å². The number of terminal acetylenes is 1. The van der Waals surface area contributed by atoms with E-state index in [0.717, 1.165) is 37.1 Å². The Kier molecular flexibility index (Phi) is 6.64. The van der Waals surface area contributed by atoms with Gasteiger partial charge in [-0.05, 0) is 31.5 Å². The van der Waals surface area contributed by atoms with Gasteiger partial charge in [0.2, 0.25) is 0 Å². The third-order valence-electron chi connectivity index (χ3n) is 2.79. The minimum atomic E-state index is 0.216. The van der Waals surface area contributed by atoms with Gasteiger partial charge in [0, 0.05) is 23.0 Å². The molecule has 1 atom stereocenters. The van der Waals surface area contributed by atoms with Crippen LogP contribution in [0.25, 0.3) is 0 Å². The lowest BCUT2D eigenvalue weighted by Gasteiger charge is -2.20. The molecule has 1 aromatic carbocycles. The highest BCUT2D eigenvalue weighted by Gasteiger charge is 2.15. The topological polar surface area (TPSA) is 21.3 Å². The van der Waals surface area contributed by atoms with E-state index < -0.39 is 0 Å². The molecule has 1 aromatic rings. The average Bonchev–Trinajstić information content (AvgIpc) is 2.39. The Morgan fingerprint density at radius 1 is 1.50 bits per heavy atom. The van der Waals surface area contributed by atoms with Crippen molar-refractivity contribution < 1.29 is 4.74 Å². The first kappa shape index (κ1) is 14.9. The highest BCUT2D eigenvalue weighted by Crippen LogP contribution is 2.30. The summed E-state index contributed by atoms with van der Waals surface area (Å²) >= 11 is 5.98. The number of ether oxygens (including phenoxy) is 1. The molecule has 0 saturated carbocycles. The SMILES string of the molecule is C#CCCC(NCCC)c1ccc(Cl)cc1OC. The van der Waals surface area contributed by atoms with Crippen LogP contribution in [0.2, 0.25) is 5.02 Å². The van der Waals surface area contributed by atoms with Gasteiger partial charge in [-0.3, -0.25) is 0 Å². The highest BCUT2D eigenvalue weighted by atomic mass is 35.5. The maximum atomic E-state index is 5.98. The van der Waals surface area contributed by atoms with Gasteiger partial charge in [0.1, 0.15) is 5.75 Å². The van der Waals surface area contributed by atoms with Crippen LogP contribution >= 0.6 is 11.6 Å². The van der Waals surface area contributed by atoms with E-state index >= 15 is 0 Å². The first-order valence-corrected chi connectivity index (χ1v) is 6.61. The quantitative estimate of drug-likeness (QED) is 0.757. The molecule has 0 radical (unpaired) electrons. The largest absolute Gasteiger partial charge is 0.496 e. The third kappa shape index (κ3) is 4.25. The predicted octanol–water partition coefficient (Wildman–Crippen LogP) is 3.80. The molecule has 1 rings (SSSR count). The summed E-state index contributed by atoms with van der Waals surface area (Å²) in [6.45, 7) is 3.10. The summed E-state index contributed by atoms with van der Waals surface area (Å²) in [6, 6.07) is 5.95. The molecule has 0 aliphatic carbocycles. The van der Waals surface area contributed by atoms with Crippen molar-refractivity contribution in [2.45, 2.75) is 32.2 Å². The Morgan fingerprint density at radius 2 is 2.28 bits per heavy atom. The van der Waals surface area contributed by atoms with Gasteiger partial charge in [0.15, 0.2) is 0 Å². The molecule has 0 aliphatic rings. The molecule has 0 saturated heterocycles. The second-order valence-electron chi connectivity index (χ2n) is 4.14. The van der Waals surface area contributed by atoms with Crippen LogP contribution in [0.1, 0.15) is 37.8 Å². The number of halogens is 1. The summed E-state index contributed by atoms with van der Waals surface area (Å²) in [5.74, 6) is 3.50. The van der Waals surface area contributed by atoms with Gasteiger partial charge < -0.3 is 10.1 Å². The van der Waals surface area contributed by atoms with Crippen molar-refractivity contribution in [3.05, 3.63) is 28.8 Å². The molecule has 0 heterocycles. The lowest BCUT2D eigenvalue weighted by atomic mass is 10.0. The first-order valence-electron chi connectivity index (χ1n) is 6.23. The fourth-order valence-electron chi connectivity index (χ4n) is 1.89. The summed E-state index contributed by atoms with van der Waals surface area (Å²) in [5.41, 5.74) is 1.12. The van der Waals surface area contributed by atoms with Crippen LogP contribution in [-0.2, 0) is 0 Å². The molecular weight excluding hydrogens is 246 g/mol. The Hall–Kier alpha value is -1.17. The fraction of sp³-hybridized carbons (Fsp3) is 0.467. The number of nitrogens with one attached hydrogen (secondary N) is 1. The maximum absolute atomic E-state index is 5.98. The summed E-state index contributed by atoms with van der Waals surface area (Å²) in [7, 11) is 1.66. The average molecular weight is 266 g/mol. The lowest BCUT2D eigenvalue weighted by molar-refractivity contribution is 0.395. The summed E-state index contributed by atoms with van der Waals surface area (Å²) in [4.78, 5) is 0. The minimum Gasteiger partial charge on any atom is -0.496 e. The van der Waals surface area contributed by atoms with Crippen LogP contribution in [0.3, 0.4) is 0 Å². The molecule has 3 heteroatoms. The molecule has 0 amide bonds. The first-order chi connectivity index (χ1) is 8.72. The number of benzene rings is 1. The molecule has 0 bridgehead atoms. The van der Waals surface area contributed by atoms with E-state index in [1.807, 2.05) is 18.2 Å². The normalized spacial score (nSPS) is 11.9. The van der Waals surface area contributed by atoms with E-state index in [0.29, 0.717) is 5.02 Å². The van der Waals surface area contributed by atoms with Crippen molar-refractivity contribution in [2.75, 3.05) is 13.7 Å². The van der Waals surface area contributed by atoms with Crippen LogP contribution in [0.15, 0.2) is 18.2 Å². The maximum Gasteiger partial charge on any atom is 0.125 e. The molecule has 98 valence electrons. The Balaban J connectivity index is 2.92. The monoisotopic (exact) mass is 265 g/mol. The van der Waals surface area contributed by atoms with Gasteiger partial charge in [-0.15, -0.1) is 12.3 Å². The van der Waals surface area contributed by atoms with Crippen LogP contribution in [-0.4, -0.2) is 13.7 Å². The van der Waals surface area contributed by atoms with Crippen molar-refractivity contribution >= 4 is 11.6 Å². The summed E-state index contributed by atoms with van der Waals surface area (Å²) < 4.78 is 5.39. The lowest BCUT2D eigenvalue weighted by Crippen LogP contribution is -2.22. The molecule has 18 heavy (non-hydrogen) atoms. The molecule has 0 spiro atoms. The second-order valence-corrected chi connectivity index (χ2v) is 4.57. The van der Waals surface area contributed by atoms with Crippen LogP contribution < -0.4 is 10.1 Å². The highest BCUT2D eigenvalue weighted by molar-refractivity contribution is 6.30. The van der Waals surface area contributed by atoms with Crippen molar-refractivity contribution in [3.63, 3.8) is 0 Å². The Bertz CT molecular complexity index is 411. The molecule has 0 aromatic heterocycles. The summed E-state index contributed by atoms with van der Waals surface area (Å²) in [5, 5.41) is 4.18. The van der Waals surface area contributed by atoms with Gasteiger partial charge in [-0.1, -0.05) is 24.6 Å². The molecule has 0 aliphatic heterocycles. The number of methoxy groups -OCH3 is 1. The fourth-order valence-corrected chi connectivity index (χ4v) is 2.05. The molecule has 1 unspecified atom stereocenters. The van der Waals surface area contributed by atoms with E-state index in [-0.39, 0.29) is 6.04 Å². The van der Waals surface area contributed by atoms with Crippen LogP contribution in [0.5, 0.6) is 5.75 Å². The van der Waals surface area contributed by atoms with Gasteiger partial charge >= 0.3 is 0 Å². The van der Waals surface area contributed by atoms with Crippen molar-refractivity contribution in [2.24, 2.45) is 0 Å². The zero-order valence-corrected chi connectivity index (χ0v) is 11.8. The van der Waals surface area contributed by atoms with Crippen LogP contribution in [0, 0.1) is 12.3 Å². The van der Waals surface area contributed by atoms with Crippen molar-refractivity contribution in [3.8, 4) is 18.1 Å². The Morgan fingerprint density at radius 3 is 2.89 bits per heavy atom. The van der Waals surface area contributed by atoms with Gasteiger partial charge in [0.25, 0.3) is 0 Å². The zero-order valence-electron chi connectivity index (χ0n) is 11.0. The second kappa shape index (κ2) is 8.02. The number of rotatable bonds is 7. The van der Waals surface area contributed by atoms with E-state index in [1.54, 1.807) is 7.11 Å². The molecule has 1 N–H and O–H groups in total. The smallest absolute Gasteiger partial charge is 0.125 e. The Labute approximate surface area is 115 Å². The standard InChI is InChI=1S/C15H20ClNO/c1-4-6-7-14(17-10-5-2)13-9-8-12(16)11-15(13)18-3/h1,8-9,11,14,17H,5-7,10H2,2-3H3. The number of hydrogen-bond acceptors (Lipinski definition) is 2. The molecular formula is C15H20ClNO. The zero-order chi connectivity index (χ0) is 13.4. The van der Waals surface area contributed by atoms with E-state index in [9.17, 15) is 0 Å². The molecule has 2 nitrogen and oxygen atoms in total. The van der Waals surface area contributed by atoms with Crippen molar-refractivity contribution in [1.82, 2.24) is 5.32 Å². The number of hydrogen-bond donors (Lipinski definition) is 1. The third-order valence-corrected chi connectivity index (χ3v) is 3.02. The molecule has 0 fully saturated rings. The summed E-state index contributed by atoms with van der Waals surface area (Å²) in [6.07, 6.45) is 8.07. The van der Waals surface area contributed by atoms with E-state index in [1.165, 1.54) is 0 Å². The van der Waals surface area contributed by atoms with Crippen molar-refractivity contribution in [1.29, 1.82) is 0 Å². The van der Waals surface area contributed by atoms with Gasteiger partial charge in [-0.25, -0.2) is 0 Å². The van der Waals surface area contributed by atoms with Gasteiger partial charge in [-0.2, -0.15) is 0 Å². The predicted molar refractivity (Wildman–Crippen MR) is 77.1 cm³/mol. The van der Waals surface area contributed by atoms with Crippen LogP contribution in [0.4, 0.5) is 0 Å². The van der Waals surface area contributed by atoms with E-state index in [2.05, 4.69) is 18.2 Å².